The molecule has 0 saturated heterocycles. The molecule has 2 N–H and O–H groups in total. The van der Waals surface area contributed by atoms with Crippen LogP contribution in [-0.4, -0.2) is 39.8 Å². The van der Waals surface area contributed by atoms with E-state index in [4.69, 9.17) is 15.2 Å². The minimum atomic E-state index is -0.468. The van der Waals surface area contributed by atoms with Gasteiger partial charge in [0, 0.05) is 18.0 Å². The molecule has 0 unspecified atom stereocenters. The molecule has 3 heterocycles. The van der Waals surface area contributed by atoms with Gasteiger partial charge in [-0.2, -0.15) is 4.98 Å². The summed E-state index contributed by atoms with van der Waals surface area (Å²) < 4.78 is 11.5. The van der Waals surface area contributed by atoms with Gasteiger partial charge in [-0.1, -0.05) is 0 Å². The first kappa shape index (κ1) is 13.8. The van der Waals surface area contributed by atoms with Gasteiger partial charge in [-0.15, -0.1) is 5.10 Å². The van der Waals surface area contributed by atoms with Gasteiger partial charge in [0.15, 0.2) is 5.65 Å². The van der Waals surface area contributed by atoms with Gasteiger partial charge < -0.3 is 15.2 Å². The molecule has 0 bridgehead atoms. The number of nitrogens with zero attached hydrogens (tertiary/aromatic N) is 4. The van der Waals surface area contributed by atoms with Gasteiger partial charge in [-0.3, -0.25) is 0 Å². The molecule has 3 aromatic heterocycles. The van der Waals surface area contributed by atoms with Crippen LogP contribution in [0.25, 0.3) is 16.8 Å². The van der Waals surface area contributed by atoms with Crippen LogP contribution in [0.3, 0.4) is 0 Å². The average molecular weight is 299 g/mol. The molecule has 0 radical (unpaired) electrons. The molecule has 8 nitrogen and oxygen atoms in total. The molecular formula is C14H13N5O3. The number of esters is 1. The Morgan fingerprint density at radius 1 is 1.32 bits per heavy atom. The number of fused-ring (bicyclic) bond motifs is 1. The van der Waals surface area contributed by atoms with Crippen LogP contribution < -0.4 is 10.5 Å². The van der Waals surface area contributed by atoms with Crippen molar-refractivity contribution in [3.05, 3.63) is 36.2 Å². The lowest BCUT2D eigenvalue weighted by Crippen LogP contribution is -2.03. The van der Waals surface area contributed by atoms with E-state index in [1.54, 1.807) is 22.8 Å². The molecule has 22 heavy (non-hydrogen) atoms. The van der Waals surface area contributed by atoms with Crippen LogP contribution in [0.1, 0.15) is 10.4 Å². The maximum Gasteiger partial charge on any atom is 0.339 e. The van der Waals surface area contributed by atoms with Crippen LogP contribution in [0.15, 0.2) is 30.6 Å². The third-order valence-corrected chi connectivity index (χ3v) is 3.13. The molecule has 0 amide bonds. The molecule has 0 fully saturated rings. The summed E-state index contributed by atoms with van der Waals surface area (Å²) >= 11 is 0. The monoisotopic (exact) mass is 299 g/mol. The number of nitrogen functional groups attached to an aromatic ring is 1. The zero-order valence-electron chi connectivity index (χ0n) is 12.0. The van der Waals surface area contributed by atoms with E-state index in [0.717, 1.165) is 5.56 Å². The Bertz CT molecular complexity index is 859. The lowest BCUT2D eigenvalue weighted by atomic mass is 10.1. The number of nitrogens with two attached hydrogens (primary N) is 1. The summed E-state index contributed by atoms with van der Waals surface area (Å²) in [5.41, 5.74) is 7.91. The van der Waals surface area contributed by atoms with Crippen LogP contribution in [0.5, 0.6) is 5.88 Å². The van der Waals surface area contributed by atoms with E-state index < -0.39 is 5.97 Å². The van der Waals surface area contributed by atoms with Crippen LogP contribution in [-0.2, 0) is 4.74 Å². The molecule has 0 saturated carbocycles. The fourth-order valence-electron chi connectivity index (χ4n) is 2.12. The van der Waals surface area contributed by atoms with E-state index in [2.05, 4.69) is 15.1 Å². The maximum absolute atomic E-state index is 11.7. The molecule has 0 aliphatic heterocycles. The summed E-state index contributed by atoms with van der Waals surface area (Å²) in [5.74, 6) is 0.110. The molecule has 8 heteroatoms. The maximum atomic E-state index is 11.7. The Morgan fingerprint density at radius 3 is 2.86 bits per heavy atom. The summed E-state index contributed by atoms with van der Waals surface area (Å²) in [6, 6.07) is 5.24. The van der Waals surface area contributed by atoms with E-state index in [-0.39, 0.29) is 5.95 Å². The highest BCUT2D eigenvalue weighted by Gasteiger charge is 2.14. The van der Waals surface area contributed by atoms with Crippen molar-refractivity contribution in [2.24, 2.45) is 0 Å². The Kier molecular flexibility index (Phi) is 3.34. The number of anilines is 1. The Labute approximate surface area is 125 Å². The first-order chi connectivity index (χ1) is 10.6. The highest BCUT2D eigenvalue weighted by atomic mass is 16.5. The molecule has 3 aromatic rings. The van der Waals surface area contributed by atoms with Crippen LogP contribution >= 0.6 is 0 Å². The van der Waals surface area contributed by atoms with E-state index in [0.29, 0.717) is 22.7 Å². The highest BCUT2D eigenvalue weighted by molar-refractivity contribution is 5.91. The second kappa shape index (κ2) is 5.32. The van der Waals surface area contributed by atoms with Gasteiger partial charge in [-0.05, 0) is 23.8 Å². The second-order valence-electron chi connectivity index (χ2n) is 4.46. The standard InChI is InChI=1S/C14H13N5O3/c1-21-12-10(5-9(7-16-12)13(20)22-2)8-3-4-19-11(6-8)17-14(15)18-19/h3-7H,1-2H3,(H2,15,18). The summed E-state index contributed by atoms with van der Waals surface area (Å²) in [6.45, 7) is 0. The van der Waals surface area contributed by atoms with E-state index in [1.165, 1.54) is 20.4 Å². The van der Waals surface area contributed by atoms with Crippen molar-refractivity contribution in [2.75, 3.05) is 20.0 Å². The van der Waals surface area contributed by atoms with Crippen molar-refractivity contribution < 1.29 is 14.3 Å². The number of rotatable bonds is 3. The predicted octanol–water partition coefficient (Wildman–Crippen LogP) is 1.17. The van der Waals surface area contributed by atoms with Crippen LogP contribution in [0, 0.1) is 0 Å². The Hall–Kier alpha value is -3.16. The first-order valence-corrected chi connectivity index (χ1v) is 6.37. The molecule has 112 valence electrons. The number of aromatic nitrogens is 4. The van der Waals surface area contributed by atoms with Crippen molar-refractivity contribution in [3.8, 4) is 17.0 Å². The van der Waals surface area contributed by atoms with Gasteiger partial charge in [0.05, 0.1) is 19.8 Å². The number of carbonyl (C=O) groups excluding carboxylic acids is 1. The van der Waals surface area contributed by atoms with Gasteiger partial charge in [-0.25, -0.2) is 14.3 Å². The van der Waals surface area contributed by atoms with Crippen molar-refractivity contribution in [1.82, 2.24) is 19.6 Å². The zero-order valence-corrected chi connectivity index (χ0v) is 12.0. The normalized spacial score (nSPS) is 10.6. The highest BCUT2D eigenvalue weighted by Crippen LogP contribution is 2.29. The lowest BCUT2D eigenvalue weighted by Gasteiger charge is -2.09. The summed E-state index contributed by atoms with van der Waals surface area (Å²) in [5, 5.41) is 4.01. The second-order valence-corrected chi connectivity index (χ2v) is 4.46. The number of carbonyl (C=O) groups is 1. The Morgan fingerprint density at radius 2 is 2.14 bits per heavy atom. The molecule has 0 spiro atoms. The average Bonchev–Trinajstić information content (AvgIpc) is 2.92. The van der Waals surface area contributed by atoms with Gasteiger partial charge >= 0.3 is 5.97 Å². The van der Waals surface area contributed by atoms with E-state index in [1.807, 2.05) is 6.07 Å². The predicted molar refractivity (Wildman–Crippen MR) is 78.5 cm³/mol. The summed E-state index contributed by atoms with van der Waals surface area (Å²) in [4.78, 5) is 19.9. The third-order valence-electron chi connectivity index (χ3n) is 3.13. The molecule has 3 rings (SSSR count). The molecule has 0 aliphatic carbocycles. The third kappa shape index (κ3) is 2.30. The fraction of sp³-hybridized carbons (Fsp3) is 0.143. The van der Waals surface area contributed by atoms with Crippen molar-refractivity contribution >= 4 is 17.6 Å². The Balaban J connectivity index is 2.16. The molecular weight excluding hydrogens is 286 g/mol. The van der Waals surface area contributed by atoms with Crippen molar-refractivity contribution in [3.63, 3.8) is 0 Å². The first-order valence-electron chi connectivity index (χ1n) is 6.37. The van der Waals surface area contributed by atoms with E-state index >= 15 is 0 Å². The molecule has 0 aliphatic rings. The van der Waals surface area contributed by atoms with Crippen molar-refractivity contribution in [2.45, 2.75) is 0 Å². The quantitative estimate of drug-likeness (QED) is 0.724. The van der Waals surface area contributed by atoms with Crippen LogP contribution in [0.4, 0.5) is 5.95 Å². The smallest absolute Gasteiger partial charge is 0.339 e. The van der Waals surface area contributed by atoms with E-state index in [9.17, 15) is 4.79 Å². The number of hydrogen-bond donors (Lipinski definition) is 1. The largest absolute Gasteiger partial charge is 0.481 e. The molecule has 0 atom stereocenters. The summed E-state index contributed by atoms with van der Waals surface area (Å²) in [6.07, 6.45) is 3.13. The lowest BCUT2D eigenvalue weighted by molar-refractivity contribution is 0.0600. The van der Waals surface area contributed by atoms with Gasteiger partial charge in [0.2, 0.25) is 11.8 Å². The number of hydrogen-bond acceptors (Lipinski definition) is 7. The number of methoxy groups -OCH3 is 2. The van der Waals surface area contributed by atoms with Crippen molar-refractivity contribution in [1.29, 1.82) is 0 Å². The van der Waals surface area contributed by atoms with Crippen LogP contribution in [0.2, 0.25) is 0 Å². The minimum absolute atomic E-state index is 0.186. The van der Waals surface area contributed by atoms with Gasteiger partial charge in [0.1, 0.15) is 0 Å². The SMILES string of the molecule is COC(=O)c1cnc(OC)c(-c2ccn3nc(N)nc3c2)c1. The van der Waals surface area contributed by atoms with Gasteiger partial charge in [0.25, 0.3) is 0 Å². The molecule has 0 aromatic carbocycles. The zero-order chi connectivity index (χ0) is 15.7. The summed E-state index contributed by atoms with van der Waals surface area (Å²) in [7, 11) is 2.83. The number of ether oxygens (including phenoxy) is 2. The fourth-order valence-corrected chi connectivity index (χ4v) is 2.12. The minimum Gasteiger partial charge on any atom is -0.481 e. The topological polar surface area (TPSA) is 105 Å². The number of pyridine rings is 2.